The summed E-state index contributed by atoms with van der Waals surface area (Å²) in [5.41, 5.74) is 11.3. The number of fused-ring (bicyclic) bond motifs is 4. The molecule has 1 fully saturated rings. The fraction of sp³-hybridized carbons (Fsp3) is 0.375. The normalized spacial score (nSPS) is 22.2. The van der Waals surface area contributed by atoms with E-state index >= 15 is 0 Å². The molecule has 2 nitrogen and oxygen atoms in total. The van der Waals surface area contributed by atoms with Crippen LogP contribution in [0.15, 0.2) is 66.7 Å². The first-order chi connectivity index (χ1) is 16.3. The average molecular weight is 462 g/mol. The van der Waals surface area contributed by atoms with E-state index in [2.05, 4.69) is 122 Å². The molecule has 35 heavy (non-hydrogen) atoms. The van der Waals surface area contributed by atoms with Crippen LogP contribution in [0.2, 0.25) is 0 Å². The predicted molar refractivity (Wildman–Crippen MR) is 147 cm³/mol. The quantitative estimate of drug-likeness (QED) is 0.377. The van der Waals surface area contributed by atoms with Crippen molar-refractivity contribution in [3.8, 4) is 11.1 Å². The van der Waals surface area contributed by atoms with Crippen LogP contribution in [0.25, 0.3) is 22.3 Å². The standard InChI is InChI=1S/C32H35BO2/c1-29(2)25-18-21(20-12-10-9-11-13-20)14-16-23(25)27-28(29)24-17-15-22(19-26(24)30(27,3)4)33-34-31(5,6)32(7,8)35-33/h9-19H,1-8H3. The molecule has 3 heteroatoms. The lowest BCUT2D eigenvalue weighted by atomic mass is 9.71. The van der Waals surface area contributed by atoms with Gasteiger partial charge in [0.1, 0.15) is 0 Å². The van der Waals surface area contributed by atoms with Gasteiger partial charge >= 0.3 is 7.12 Å². The molecular formula is C32H35BO2. The van der Waals surface area contributed by atoms with Crippen molar-refractivity contribution in [1.29, 1.82) is 0 Å². The van der Waals surface area contributed by atoms with Gasteiger partial charge in [-0.05, 0) is 83.8 Å². The Hall–Kier alpha value is -2.62. The Morgan fingerprint density at radius 3 is 1.63 bits per heavy atom. The Kier molecular flexibility index (Phi) is 4.56. The van der Waals surface area contributed by atoms with E-state index < -0.39 is 0 Å². The highest BCUT2D eigenvalue weighted by Crippen LogP contribution is 2.62. The maximum Gasteiger partial charge on any atom is 0.494 e. The number of hydrogen-bond acceptors (Lipinski definition) is 2. The van der Waals surface area contributed by atoms with Crippen molar-refractivity contribution in [1.82, 2.24) is 0 Å². The highest BCUT2D eigenvalue weighted by Gasteiger charge is 2.53. The molecule has 0 unspecified atom stereocenters. The van der Waals surface area contributed by atoms with E-state index in [1.54, 1.807) is 0 Å². The van der Waals surface area contributed by atoms with Crippen LogP contribution in [-0.4, -0.2) is 18.3 Å². The van der Waals surface area contributed by atoms with E-state index in [9.17, 15) is 0 Å². The van der Waals surface area contributed by atoms with Crippen molar-refractivity contribution < 1.29 is 9.31 Å². The Morgan fingerprint density at radius 1 is 0.543 bits per heavy atom. The van der Waals surface area contributed by atoms with Crippen LogP contribution in [0.5, 0.6) is 0 Å². The van der Waals surface area contributed by atoms with E-state index in [1.807, 2.05) is 0 Å². The summed E-state index contributed by atoms with van der Waals surface area (Å²) in [4.78, 5) is 0. The largest absolute Gasteiger partial charge is 0.494 e. The second-order valence-electron chi connectivity index (χ2n) is 12.5. The summed E-state index contributed by atoms with van der Waals surface area (Å²) in [6, 6.07) is 24.6. The lowest BCUT2D eigenvalue weighted by molar-refractivity contribution is 0.00578. The molecule has 3 aromatic carbocycles. The number of allylic oxidation sites excluding steroid dienone is 2. The maximum atomic E-state index is 6.39. The highest BCUT2D eigenvalue weighted by atomic mass is 16.7. The minimum atomic E-state index is -0.344. The van der Waals surface area contributed by atoms with Gasteiger partial charge < -0.3 is 9.31 Å². The third-order valence-corrected chi connectivity index (χ3v) is 9.08. The minimum Gasteiger partial charge on any atom is -0.399 e. The summed E-state index contributed by atoms with van der Waals surface area (Å²) >= 11 is 0. The van der Waals surface area contributed by atoms with Crippen LogP contribution in [0.3, 0.4) is 0 Å². The summed E-state index contributed by atoms with van der Waals surface area (Å²) in [6.07, 6.45) is 0. The molecule has 1 saturated heterocycles. The zero-order chi connectivity index (χ0) is 25.0. The smallest absolute Gasteiger partial charge is 0.399 e. The number of hydrogen-bond donors (Lipinski definition) is 0. The van der Waals surface area contributed by atoms with Gasteiger partial charge in [0, 0.05) is 10.8 Å². The van der Waals surface area contributed by atoms with Crippen molar-refractivity contribution in [2.75, 3.05) is 0 Å². The first-order valence-corrected chi connectivity index (χ1v) is 12.8. The van der Waals surface area contributed by atoms with E-state index in [0.717, 1.165) is 5.46 Å². The Morgan fingerprint density at radius 2 is 1.06 bits per heavy atom. The molecule has 6 rings (SSSR count). The van der Waals surface area contributed by atoms with Crippen LogP contribution in [0, 0.1) is 0 Å². The fourth-order valence-electron chi connectivity index (χ4n) is 6.35. The van der Waals surface area contributed by atoms with Gasteiger partial charge in [-0.1, -0.05) is 88.4 Å². The van der Waals surface area contributed by atoms with Gasteiger partial charge in [-0.25, -0.2) is 0 Å². The van der Waals surface area contributed by atoms with Crippen LogP contribution >= 0.6 is 0 Å². The first kappa shape index (κ1) is 22.8. The monoisotopic (exact) mass is 462 g/mol. The molecule has 3 aromatic rings. The molecule has 0 spiro atoms. The Bertz CT molecular complexity index is 1380. The molecule has 3 aliphatic rings. The zero-order valence-electron chi connectivity index (χ0n) is 22.2. The van der Waals surface area contributed by atoms with Crippen molar-refractivity contribution in [2.24, 2.45) is 0 Å². The van der Waals surface area contributed by atoms with Crippen molar-refractivity contribution in [3.05, 3.63) is 89.0 Å². The molecule has 178 valence electrons. The summed E-state index contributed by atoms with van der Waals surface area (Å²) in [5.74, 6) is 0. The summed E-state index contributed by atoms with van der Waals surface area (Å²) < 4.78 is 12.8. The topological polar surface area (TPSA) is 18.5 Å². The number of rotatable bonds is 2. The Balaban J connectivity index is 1.44. The summed E-state index contributed by atoms with van der Waals surface area (Å²) in [7, 11) is -0.342. The van der Waals surface area contributed by atoms with Gasteiger partial charge in [-0.3, -0.25) is 0 Å². The first-order valence-electron chi connectivity index (χ1n) is 12.8. The summed E-state index contributed by atoms with van der Waals surface area (Å²) in [5, 5.41) is 0. The van der Waals surface area contributed by atoms with Gasteiger partial charge in [-0.15, -0.1) is 0 Å². The van der Waals surface area contributed by atoms with Crippen molar-refractivity contribution in [3.63, 3.8) is 0 Å². The van der Waals surface area contributed by atoms with Crippen LogP contribution in [0.1, 0.15) is 77.6 Å². The zero-order valence-corrected chi connectivity index (χ0v) is 22.2. The summed E-state index contributed by atoms with van der Waals surface area (Å²) in [6.45, 7) is 18.0. The maximum absolute atomic E-state index is 6.39. The molecular weight excluding hydrogens is 427 g/mol. The average Bonchev–Trinajstić information content (AvgIpc) is 3.29. The number of benzene rings is 3. The molecule has 2 aliphatic carbocycles. The predicted octanol–water partition coefficient (Wildman–Crippen LogP) is 7.15. The van der Waals surface area contributed by atoms with E-state index in [4.69, 9.17) is 9.31 Å². The van der Waals surface area contributed by atoms with Gasteiger partial charge in [0.15, 0.2) is 0 Å². The fourth-order valence-corrected chi connectivity index (χ4v) is 6.35. The molecule has 0 saturated carbocycles. The molecule has 1 heterocycles. The van der Waals surface area contributed by atoms with E-state index in [1.165, 1.54) is 44.5 Å². The van der Waals surface area contributed by atoms with Gasteiger partial charge in [0.25, 0.3) is 0 Å². The SMILES string of the molecule is CC1(C)C2=C(c3ccc(B4OC(C)(C)C(C)(C)O4)cc31)C(C)(C)c1cc(-c3ccccc3)ccc12. The third-order valence-electron chi connectivity index (χ3n) is 9.08. The minimum absolute atomic E-state index is 0.0656. The second kappa shape index (κ2) is 6.99. The lowest BCUT2D eigenvalue weighted by Gasteiger charge is -2.32. The lowest BCUT2D eigenvalue weighted by Crippen LogP contribution is -2.41. The van der Waals surface area contributed by atoms with Gasteiger partial charge in [-0.2, -0.15) is 0 Å². The molecule has 0 N–H and O–H groups in total. The van der Waals surface area contributed by atoms with Crippen molar-refractivity contribution in [2.45, 2.75) is 77.4 Å². The van der Waals surface area contributed by atoms with Crippen LogP contribution in [0.4, 0.5) is 0 Å². The molecule has 0 bridgehead atoms. The molecule has 0 amide bonds. The third kappa shape index (κ3) is 3.04. The molecule has 0 radical (unpaired) electrons. The second-order valence-corrected chi connectivity index (χ2v) is 12.5. The van der Waals surface area contributed by atoms with Gasteiger partial charge in [0.2, 0.25) is 0 Å². The van der Waals surface area contributed by atoms with Gasteiger partial charge in [0.05, 0.1) is 11.2 Å². The molecule has 0 aromatic heterocycles. The highest BCUT2D eigenvalue weighted by molar-refractivity contribution is 6.62. The molecule has 0 atom stereocenters. The van der Waals surface area contributed by atoms with E-state index in [-0.39, 0.29) is 29.2 Å². The van der Waals surface area contributed by atoms with Crippen LogP contribution in [-0.2, 0) is 20.1 Å². The van der Waals surface area contributed by atoms with E-state index in [0.29, 0.717) is 0 Å². The van der Waals surface area contributed by atoms with Crippen LogP contribution < -0.4 is 5.46 Å². The Labute approximate surface area is 210 Å². The van der Waals surface area contributed by atoms with Crippen molar-refractivity contribution >= 4 is 23.7 Å². The molecule has 1 aliphatic heterocycles.